The van der Waals surface area contributed by atoms with Crippen LogP contribution in [0, 0.1) is 11.3 Å². The molecule has 0 aromatic heterocycles. The molecule has 0 atom stereocenters. The average molecular weight is 267 g/mol. The van der Waals surface area contributed by atoms with Crippen LogP contribution in [0.2, 0.25) is 5.02 Å². The lowest BCUT2D eigenvalue weighted by atomic mass is 10.1. The fourth-order valence-electron chi connectivity index (χ4n) is 1.68. The molecule has 1 aromatic carbocycles. The Kier molecular flexibility index (Phi) is 4.99. The Morgan fingerprint density at radius 3 is 2.67 bits per heavy atom. The van der Waals surface area contributed by atoms with Crippen molar-refractivity contribution in [3.05, 3.63) is 28.8 Å². The van der Waals surface area contributed by atoms with Crippen LogP contribution in [0.3, 0.4) is 0 Å². The zero-order valence-electron chi connectivity index (χ0n) is 10.4. The van der Waals surface area contributed by atoms with Gasteiger partial charge >= 0.3 is 5.97 Å². The molecule has 0 saturated heterocycles. The lowest BCUT2D eigenvalue weighted by Crippen LogP contribution is -2.33. The van der Waals surface area contributed by atoms with Gasteiger partial charge in [-0.15, -0.1) is 0 Å². The Morgan fingerprint density at radius 1 is 1.56 bits per heavy atom. The molecule has 0 bridgehead atoms. The van der Waals surface area contributed by atoms with Gasteiger partial charge in [0, 0.05) is 12.6 Å². The predicted octanol–water partition coefficient (Wildman–Crippen LogP) is 2.90. The van der Waals surface area contributed by atoms with Crippen molar-refractivity contribution in [1.29, 1.82) is 5.26 Å². The van der Waals surface area contributed by atoms with E-state index < -0.39 is 5.97 Å². The molecule has 18 heavy (non-hydrogen) atoms. The highest BCUT2D eigenvalue weighted by atomic mass is 35.5. The van der Waals surface area contributed by atoms with Crippen molar-refractivity contribution in [3.8, 4) is 6.07 Å². The normalized spacial score (nSPS) is 10.2. The lowest BCUT2D eigenvalue weighted by molar-refractivity contribution is -0.136. The first kappa shape index (κ1) is 14.3. The Morgan fingerprint density at radius 2 is 2.22 bits per heavy atom. The topological polar surface area (TPSA) is 64.3 Å². The summed E-state index contributed by atoms with van der Waals surface area (Å²) < 4.78 is 0. The largest absolute Gasteiger partial charge is 0.481 e. The number of anilines is 1. The van der Waals surface area contributed by atoms with Crippen molar-refractivity contribution >= 4 is 23.3 Å². The Bertz CT molecular complexity index is 480. The van der Waals surface area contributed by atoms with E-state index in [0.29, 0.717) is 17.1 Å². The van der Waals surface area contributed by atoms with Crippen LogP contribution in [0.5, 0.6) is 0 Å². The van der Waals surface area contributed by atoms with Gasteiger partial charge in [0.05, 0.1) is 28.8 Å². The molecule has 0 amide bonds. The maximum Gasteiger partial charge on any atom is 0.305 e. The standard InChI is InChI=1S/C13H15ClN2O2/c1-9(2)16(6-5-13(17)18)12-4-3-10(8-15)7-11(12)14/h3-4,7,9H,5-6H2,1-2H3,(H,17,18). The molecule has 0 spiro atoms. The van der Waals surface area contributed by atoms with E-state index in [9.17, 15) is 4.79 Å². The van der Waals surface area contributed by atoms with Crippen LogP contribution in [0.15, 0.2) is 18.2 Å². The van der Waals surface area contributed by atoms with Crippen LogP contribution in [-0.4, -0.2) is 23.7 Å². The van der Waals surface area contributed by atoms with Crippen LogP contribution >= 0.6 is 11.6 Å². The second-order valence-corrected chi connectivity index (χ2v) is 4.62. The molecule has 0 heterocycles. The average Bonchev–Trinajstić information content (AvgIpc) is 2.30. The van der Waals surface area contributed by atoms with Crippen LogP contribution in [-0.2, 0) is 4.79 Å². The fraction of sp³-hybridized carbons (Fsp3) is 0.385. The molecule has 1 aromatic rings. The molecule has 0 saturated carbocycles. The third kappa shape index (κ3) is 3.64. The summed E-state index contributed by atoms with van der Waals surface area (Å²) in [6.45, 7) is 4.32. The van der Waals surface area contributed by atoms with E-state index in [0.717, 1.165) is 5.69 Å². The Balaban J connectivity index is 2.99. The monoisotopic (exact) mass is 266 g/mol. The maximum atomic E-state index is 10.6. The number of hydrogen-bond donors (Lipinski definition) is 1. The number of benzene rings is 1. The number of rotatable bonds is 5. The number of carbonyl (C=O) groups is 1. The minimum Gasteiger partial charge on any atom is -0.481 e. The summed E-state index contributed by atoms with van der Waals surface area (Å²) in [5.74, 6) is -0.842. The summed E-state index contributed by atoms with van der Waals surface area (Å²) in [5.41, 5.74) is 1.25. The maximum absolute atomic E-state index is 10.6. The second kappa shape index (κ2) is 6.27. The zero-order chi connectivity index (χ0) is 13.7. The molecule has 0 aliphatic heterocycles. The summed E-state index contributed by atoms with van der Waals surface area (Å²) in [7, 11) is 0. The SMILES string of the molecule is CC(C)N(CCC(=O)O)c1ccc(C#N)cc1Cl. The van der Waals surface area contributed by atoms with Crippen molar-refractivity contribution in [2.45, 2.75) is 26.3 Å². The van der Waals surface area contributed by atoms with Crippen LogP contribution in [0.1, 0.15) is 25.8 Å². The molecule has 0 aliphatic carbocycles. The number of nitriles is 1. The summed E-state index contributed by atoms with van der Waals surface area (Å²) in [6, 6.07) is 7.17. The van der Waals surface area contributed by atoms with Gasteiger partial charge in [0.2, 0.25) is 0 Å². The molecule has 0 fully saturated rings. The third-order valence-corrected chi connectivity index (χ3v) is 2.88. The fourth-order valence-corrected chi connectivity index (χ4v) is 1.97. The van der Waals surface area contributed by atoms with Crippen LogP contribution < -0.4 is 4.90 Å². The Labute approximate surface area is 111 Å². The number of nitrogens with zero attached hydrogens (tertiary/aromatic N) is 2. The van der Waals surface area contributed by atoms with E-state index >= 15 is 0 Å². The van der Waals surface area contributed by atoms with Gasteiger partial charge in [0.1, 0.15) is 0 Å². The van der Waals surface area contributed by atoms with Gasteiger partial charge < -0.3 is 10.0 Å². The van der Waals surface area contributed by atoms with Crippen LogP contribution in [0.4, 0.5) is 5.69 Å². The molecule has 5 heteroatoms. The first-order valence-electron chi connectivity index (χ1n) is 5.63. The van der Waals surface area contributed by atoms with Crippen molar-refractivity contribution < 1.29 is 9.90 Å². The molecule has 0 radical (unpaired) electrons. The molecule has 0 unspecified atom stereocenters. The van der Waals surface area contributed by atoms with E-state index in [1.165, 1.54) is 0 Å². The minimum atomic E-state index is -0.842. The molecule has 0 aliphatic rings. The number of hydrogen-bond acceptors (Lipinski definition) is 3. The molecule has 4 nitrogen and oxygen atoms in total. The van der Waals surface area contributed by atoms with Crippen LogP contribution in [0.25, 0.3) is 0 Å². The van der Waals surface area contributed by atoms with E-state index in [4.69, 9.17) is 22.0 Å². The number of aliphatic carboxylic acids is 1. The minimum absolute atomic E-state index is 0.0501. The first-order chi connectivity index (χ1) is 8.45. The molecule has 1 N–H and O–H groups in total. The van der Waals surface area contributed by atoms with E-state index in [2.05, 4.69) is 0 Å². The molecular weight excluding hydrogens is 252 g/mol. The predicted molar refractivity (Wildman–Crippen MR) is 70.9 cm³/mol. The quantitative estimate of drug-likeness (QED) is 0.890. The highest BCUT2D eigenvalue weighted by Crippen LogP contribution is 2.28. The highest BCUT2D eigenvalue weighted by Gasteiger charge is 2.15. The first-order valence-corrected chi connectivity index (χ1v) is 6.01. The summed E-state index contributed by atoms with van der Waals surface area (Å²) in [4.78, 5) is 12.6. The van der Waals surface area contributed by atoms with Crippen molar-refractivity contribution in [1.82, 2.24) is 0 Å². The molecule has 1 rings (SSSR count). The number of carboxylic acids is 1. The molecular formula is C13H15ClN2O2. The smallest absolute Gasteiger partial charge is 0.305 e. The highest BCUT2D eigenvalue weighted by molar-refractivity contribution is 6.33. The van der Waals surface area contributed by atoms with Crippen molar-refractivity contribution in [3.63, 3.8) is 0 Å². The van der Waals surface area contributed by atoms with Gasteiger partial charge in [0.15, 0.2) is 0 Å². The molecule has 96 valence electrons. The van der Waals surface area contributed by atoms with Gasteiger partial charge in [0.25, 0.3) is 0 Å². The lowest BCUT2D eigenvalue weighted by Gasteiger charge is -2.29. The summed E-state index contributed by atoms with van der Waals surface area (Å²) >= 11 is 6.12. The van der Waals surface area contributed by atoms with Gasteiger partial charge in [-0.1, -0.05) is 11.6 Å². The van der Waals surface area contributed by atoms with E-state index in [1.807, 2.05) is 24.8 Å². The van der Waals surface area contributed by atoms with Gasteiger partial charge in [-0.05, 0) is 32.0 Å². The zero-order valence-corrected chi connectivity index (χ0v) is 11.1. The number of halogens is 1. The van der Waals surface area contributed by atoms with E-state index in [-0.39, 0.29) is 12.5 Å². The Hall–Kier alpha value is -1.73. The van der Waals surface area contributed by atoms with Crippen molar-refractivity contribution in [2.75, 3.05) is 11.4 Å². The third-order valence-electron chi connectivity index (χ3n) is 2.58. The second-order valence-electron chi connectivity index (χ2n) is 4.21. The number of carboxylic acid groups (broad SMARTS) is 1. The van der Waals surface area contributed by atoms with Gasteiger partial charge in [-0.3, -0.25) is 4.79 Å². The van der Waals surface area contributed by atoms with E-state index in [1.54, 1.807) is 18.2 Å². The van der Waals surface area contributed by atoms with Crippen molar-refractivity contribution in [2.24, 2.45) is 0 Å². The summed E-state index contributed by atoms with van der Waals surface area (Å²) in [5, 5.41) is 18.0. The van der Waals surface area contributed by atoms with Gasteiger partial charge in [-0.2, -0.15) is 5.26 Å². The van der Waals surface area contributed by atoms with Gasteiger partial charge in [-0.25, -0.2) is 0 Å². The summed E-state index contributed by atoms with van der Waals surface area (Å²) in [6.07, 6.45) is 0.0501.